The van der Waals surface area contributed by atoms with E-state index in [2.05, 4.69) is 0 Å². The number of alkyl halides is 3. The topological polar surface area (TPSA) is 29.3 Å². The van der Waals surface area contributed by atoms with Crippen molar-refractivity contribution in [3.8, 4) is 0 Å². The Balaban J connectivity index is 2.60. The zero-order chi connectivity index (χ0) is 15.4. The molecule has 2 nitrogen and oxygen atoms in total. The van der Waals surface area contributed by atoms with Gasteiger partial charge in [-0.1, -0.05) is 44.2 Å². The molecule has 114 valence electrons. The maximum atomic E-state index is 12.2. The van der Waals surface area contributed by atoms with E-state index in [1.807, 2.05) is 44.2 Å². The molecule has 0 saturated heterocycles. The second-order valence-electron chi connectivity index (χ2n) is 5.98. The fourth-order valence-corrected chi connectivity index (χ4v) is 2.30. The van der Waals surface area contributed by atoms with Gasteiger partial charge < -0.3 is 10.6 Å². The van der Waals surface area contributed by atoms with E-state index in [4.69, 9.17) is 5.73 Å². The number of hydrogen-bond acceptors (Lipinski definition) is 2. The van der Waals surface area contributed by atoms with Crippen LogP contribution in [0.15, 0.2) is 30.3 Å². The van der Waals surface area contributed by atoms with Crippen molar-refractivity contribution in [2.24, 2.45) is 11.1 Å². The van der Waals surface area contributed by atoms with E-state index in [0.717, 1.165) is 5.56 Å². The number of rotatable bonds is 6. The highest BCUT2D eigenvalue weighted by molar-refractivity contribution is 5.20. The molecule has 0 aliphatic carbocycles. The van der Waals surface area contributed by atoms with Crippen LogP contribution in [0.3, 0.4) is 0 Å². The molecule has 1 aromatic carbocycles. The van der Waals surface area contributed by atoms with Crippen LogP contribution in [0.4, 0.5) is 13.2 Å². The van der Waals surface area contributed by atoms with Gasteiger partial charge in [-0.05, 0) is 18.0 Å². The Morgan fingerprint density at radius 2 is 1.70 bits per heavy atom. The van der Waals surface area contributed by atoms with Crippen LogP contribution in [0, 0.1) is 5.41 Å². The molecule has 0 spiro atoms. The minimum absolute atomic E-state index is 0.00552. The zero-order valence-corrected chi connectivity index (χ0v) is 12.2. The van der Waals surface area contributed by atoms with Crippen LogP contribution < -0.4 is 5.73 Å². The number of nitrogens with two attached hydrogens (primary N) is 1. The first-order valence-corrected chi connectivity index (χ1v) is 6.68. The first-order chi connectivity index (χ1) is 9.12. The highest BCUT2D eigenvalue weighted by Crippen LogP contribution is 2.32. The largest absolute Gasteiger partial charge is 0.390 e. The summed E-state index contributed by atoms with van der Waals surface area (Å²) in [5, 5.41) is 0. The highest BCUT2D eigenvalue weighted by Gasteiger charge is 2.31. The number of nitrogens with zero attached hydrogens (tertiary/aromatic N) is 1. The van der Waals surface area contributed by atoms with Gasteiger partial charge in [0.25, 0.3) is 0 Å². The lowest BCUT2D eigenvalue weighted by molar-refractivity contribution is -0.138. The lowest BCUT2D eigenvalue weighted by atomic mass is 9.80. The van der Waals surface area contributed by atoms with E-state index in [1.54, 1.807) is 11.9 Å². The quantitative estimate of drug-likeness (QED) is 0.866. The van der Waals surface area contributed by atoms with E-state index in [1.165, 1.54) is 0 Å². The lowest BCUT2D eigenvalue weighted by Crippen LogP contribution is -2.40. The molecule has 1 unspecified atom stereocenters. The highest BCUT2D eigenvalue weighted by atomic mass is 19.4. The van der Waals surface area contributed by atoms with E-state index in [0.29, 0.717) is 6.54 Å². The van der Waals surface area contributed by atoms with Crippen molar-refractivity contribution in [3.63, 3.8) is 0 Å². The van der Waals surface area contributed by atoms with Crippen LogP contribution in [0.2, 0.25) is 0 Å². The normalized spacial score (nSPS) is 14.6. The van der Waals surface area contributed by atoms with E-state index >= 15 is 0 Å². The van der Waals surface area contributed by atoms with Crippen molar-refractivity contribution in [2.45, 2.75) is 32.5 Å². The minimum Gasteiger partial charge on any atom is -0.323 e. The fraction of sp³-hybridized carbons (Fsp3) is 0.600. The Hall–Kier alpha value is -1.07. The predicted molar refractivity (Wildman–Crippen MR) is 75.3 cm³/mol. The van der Waals surface area contributed by atoms with Gasteiger partial charge in [0.05, 0.1) is 6.42 Å². The summed E-state index contributed by atoms with van der Waals surface area (Å²) in [6.07, 6.45) is -4.90. The second kappa shape index (κ2) is 6.59. The minimum atomic E-state index is -4.11. The number of hydrogen-bond donors (Lipinski definition) is 1. The summed E-state index contributed by atoms with van der Waals surface area (Å²) in [4.78, 5) is 1.69. The summed E-state index contributed by atoms with van der Waals surface area (Å²) in [7, 11) is 1.70. The molecule has 1 aromatic rings. The van der Waals surface area contributed by atoms with Crippen LogP contribution in [0.1, 0.15) is 31.9 Å². The molecule has 0 amide bonds. The third-order valence-corrected chi connectivity index (χ3v) is 3.46. The molecule has 0 aliphatic rings. The monoisotopic (exact) mass is 288 g/mol. The van der Waals surface area contributed by atoms with Crippen LogP contribution in [0.5, 0.6) is 0 Å². The lowest BCUT2D eigenvalue weighted by Gasteiger charge is -2.36. The van der Waals surface area contributed by atoms with Gasteiger partial charge >= 0.3 is 6.18 Å². The summed E-state index contributed by atoms with van der Waals surface area (Å²) in [5.74, 6) is 0. The molecule has 0 aromatic heterocycles. The molecule has 0 heterocycles. The molecule has 5 heteroatoms. The Bertz CT molecular complexity index is 401. The van der Waals surface area contributed by atoms with Gasteiger partial charge in [-0.2, -0.15) is 13.2 Å². The molecule has 1 rings (SSSR count). The van der Waals surface area contributed by atoms with E-state index in [9.17, 15) is 13.2 Å². The summed E-state index contributed by atoms with van der Waals surface area (Å²) >= 11 is 0. The van der Waals surface area contributed by atoms with Gasteiger partial charge in [-0.25, -0.2) is 0 Å². The maximum Gasteiger partial charge on any atom is 0.390 e. The number of halogens is 3. The number of benzene rings is 1. The van der Waals surface area contributed by atoms with Crippen LogP contribution in [-0.2, 0) is 0 Å². The molecule has 0 bridgehead atoms. The smallest absolute Gasteiger partial charge is 0.323 e. The van der Waals surface area contributed by atoms with Gasteiger partial charge in [0, 0.05) is 19.1 Å². The van der Waals surface area contributed by atoms with Crippen molar-refractivity contribution >= 4 is 0 Å². The standard InChI is InChI=1S/C15H23F3N2/c1-14(2,11-20(3)10-9-15(16,17)18)13(19)12-7-5-4-6-8-12/h4-8,13H,9-11,19H2,1-3H3. The van der Waals surface area contributed by atoms with Crippen molar-refractivity contribution in [1.82, 2.24) is 4.90 Å². The van der Waals surface area contributed by atoms with Crippen molar-refractivity contribution in [2.75, 3.05) is 20.1 Å². The first-order valence-electron chi connectivity index (χ1n) is 6.68. The Labute approximate surface area is 118 Å². The van der Waals surface area contributed by atoms with Crippen LogP contribution >= 0.6 is 0 Å². The van der Waals surface area contributed by atoms with Crippen LogP contribution in [0.25, 0.3) is 0 Å². The third-order valence-electron chi connectivity index (χ3n) is 3.46. The molecular formula is C15H23F3N2. The SMILES string of the molecule is CN(CCC(F)(F)F)CC(C)(C)C(N)c1ccccc1. The molecule has 20 heavy (non-hydrogen) atoms. The van der Waals surface area contributed by atoms with Crippen molar-refractivity contribution < 1.29 is 13.2 Å². The Kier molecular flexibility index (Phi) is 5.59. The average molecular weight is 288 g/mol. The average Bonchev–Trinajstić information content (AvgIpc) is 2.35. The van der Waals surface area contributed by atoms with Gasteiger partial charge in [0.15, 0.2) is 0 Å². The summed E-state index contributed by atoms with van der Waals surface area (Å²) in [6.45, 7) is 4.47. The molecule has 0 fully saturated rings. The van der Waals surface area contributed by atoms with Crippen molar-refractivity contribution in [1.29, 1.82) is 0 Å². The van der Waals surface area contributed by atoms with Crippen LogP contribution in [-0.4, -0.2) is 31.2 Å². The molecule has 0 radical (unpaired) electrons. The van der Waals surface area contributed by atoms with Gasteiger partial charge in [0.1, 0.15) is 0 Å². The molecule has 2 N–H and O–H groups in total. The van der Waals surface area contributed by atoms with E-state index in [-0.39, 0.29) is 18.0 Å². The van der Waals surface area contributed by atoms with Gasteiger partial charge in [0.2, 0.25) is 0 Å². The second-order valence-corrected chi connectivity index (χ2v) is 5.98. The molecule has 0 aliphatic heterocycles. The molecular weight excluding hydrogens is 265 g/mol. The Morgan fingerprint density at radius 3 is 2.20 bits per heavy atom. The maximum absolute atomic E-state index is 12.2. The van der Waals surface area contributed by atoms with Gasteiger partial charge in [-0.15, -0.1) is 0 Å². The summed E-state index contributed by atoms with van der Waals surface area (Å²) in [5.41, 5.74) is 6.95. The van der Waals surface area contributed by atoms with Gasteiger partial charge in [-0.3, -0.25) is 0 Å². The van der Waals surface area contributed by atoms with E-state index < -0.39 is 12.6 Å². The molecule has 1 atom stereocenters. The fourth-order valence-electron chi connectivity index (χ4n) is 2.30. The Morgan fingerprint density at radius 1 is 1.15 bits per heavy atom. The predicted octanol–water partition coefficient (Wildman–Crippen LogP) is 3.60. The summed E-state index contributed by atoms with van der Waals surface area (Å²) in [6, 6.07) is 9.43. The third kappa shape index (κ3) is 5.51. The molecule has 0 saturated carbocycles. The van der Waals surface area contributed by atoms with Crippen molar-refractivity contribution in [3.05, 3.63) is 35.9 Å². The summed E-state index contributed by atoms with van der Waals surface area (Å²) < 4.78 is 36.7. The zero-order valence-electron chi connectivity index (χ0n) is 12.2. The first kappa shape index (κ1) is 17.0.